The Morgan fingerprint density at radius 2 is 1.71 bits per heavy atom. The fourth-order valence-corrected chi connectivity index (χ4v) is 5.34. The summed E-state index contributed by atoms with van der Waals surface area (Å²) in [5.74, 6) is 2.13. The molecule has 0 saturated carbocycles. The molecule has 1 atom stereocenters. The van der Waals surface area contributed by atoms with Gasteiger partial charge in [0.1, 0.15) is 5.76 Å². The first kappa shape index (κ1) is 25.5. The molecule has 2 heterocycles. The highest BCUT2D eigenvalue weighted by atomic mass is 16.5. The van der Waals surface area contributed by atoms with E-state index in [-0.39, 0.29) is 17.2 Å². The van der Waals surface area contributed by atoms with Crippen LogP contribution in [0.15, 0.2) is 59.4 Å². The minimum Gasteiger partial charge on any atom is -0.493 e. The van der Waals surface area contributed by atoms with E-state index in [0.29, 0.717) is 24.9 Å². The van der Waals surface area contributed by atoms with Gasteiger partial charge in [0.15, 0.2) is 0 Å². The van der Waals surface area contributed by atoms with E-state index in [1.807, 2.05) is 9.80 Å². The minimum atomic E-state index is 0.0415. The van der Waals surface area contributed by atoms with Crippen molar-refractivity contribution in [2.24, 2.45) is 17.3 Å². The summed E-state index contributed by atoms with van der Waals surface area (Å²) < 4.78 is 6.17. The summed E-state index contributed by atoms with van der Waals surface area (Å²) in [6, 6.07) is 0. The van der Waals surface area contributed by atoms with Gasteiger partial charge in [-0.3, -0.25) is 9.59 Å². The second-order valence-corrected chi connectivity index (χ2v) is 11.7. The molecule has 0 radical (unpaired) electrons. The molecule has 5 nitrogen and oxygen atoms in total. The van der Waals surface area contributed by atoms with Crippen molar-refractivity contribution >= 4 is 11.8 Å². The zero-order chi connectivity index (χ0) is 24.8. The molecule has 0 spiro atoms. The molecule has 0 aromatic carbocycles. The van der Waals surface area contributed by atoms with Crippen LogP contribution in [0.1, 0.15) is 65.7 Å². The number of amides is 2. The number of rotatable bonds is 6. The number of ether oxygens (including phenoxy) is 1. The molecule has 190 valence electrons. The molecule has 1 fully saturated rings. The van der Waals surface area contributed by atoms with E-state index in [2.05, 4.69) is 63.3 Å². The van der Waals surface area contributed by atoms with Crippen LogP contribution in [0.25, 0.3) is 0 Å². The third kappa shape index (κ3) is 7.22. The largest absolute Gasteiger partial charge is 0.493 e. The van der Waals surface area contributed by atoms with E-state index in [9.17, 15) is 9.59 Å². The monoisotopic (exact) mass is 478 g/mol. The van der Waals surface area contributed by atoms with E-state index in [1.54, 1.807) is 0 Å². The number of nitrogens with zero attached hydrogens (tertiary/aromatic N) is 2. The Kier molecular flexibility index (Phi) is 8.35. The molecule has 1 saturated heterocycles. The van der Waals surface area contributed by atoms with Crippen LogP contribution in [-0.4, -0.2) is 54.4 Å². The van der Waals surface area contributed by atoms with Gasteiger partial charge >= 0.3 is 0 Å². The third-order valence-electron chi connectivity index (χ3n) is 7.51. The van der Waals surface area contributed by atoms with Crippen LogP contribution in [0.5, 0.6) is 0 Å². The fourth-order valence-electron chi connectivity index (χ4n) is 5.34. The Balaban J connectivity index is 1.23. The van der Waals surface area contributed by atoms with Crippen LogP contribution in [0.4, 0.5) is 0 Å². The number of piperidine rings is 1. The van der Waals surface area contributed by atoms with Gasteiger partial charge in [-0.25, -0.2) is 0 Å². The van der Waals surface area contributed by atoms with Crippen LogP contribution < -0.4 is 0 Å². The van der Waals surface area contributed by atoms with Gasteiger partial charge in [0.25, 0.3) is 0 Å². The molecule has 2 aliphatic carbocycles. The van der Waals surface area contributed by atoms with Gasteiger partial charge < -0.3 is 14.5 Å². The molecule has 2 aliphatic heterocycles. The smallest absolute Gasteiger partial charge is 0.226 e. The molecule has 0 N–H and O–H groups in total. The molecular weight excluding hydrogens is 436 g/mol. The highest BCUT2D eigenvalue weighted by molar-refractivity contribution is 5.80. The first-order chi connectivity index (χ1) is 16.8. The summed E-state index contributed by atoms with van der Waals surface area (Å²) in [4.78, 5) is 29.1. The van der Waals surface area contributed by atoms with E-state index in [1.165, 1.54) is 11.1 Å². The molecule has 2 amide bonds. The zero-order valence-electron chi connectivity index (χ0n) is 21.8. The standard InChI is InChI=1S/C30H42N2O3/c1-30(2,3)21-28(33)31-19-15-23(16-20-31)22-35-27-8-6-7-24(13-14-27)25-9-11-26(12-10-25)29(34)32-17-4-5-18-32/h4-6,8-9,13-14,23,26H,7,10-12,15-22H2,1-3H3. The molecule has 5 heteroatoms. The van der Waals surface area contributed by atoms with E-state index >= 15 is 0 Å². The fraction of sp³-hybridized carbons (Fsp3) is 0.600. The lowest BCUT2D eigenvalue weighted by Gasteiger charge is -2.33. The van der Waals surface area contributed by atoms with Crippen molar-refractivity contribution in [3.8, 4) is 0 Å². The Morgan fingerprint density at radius 3 is 2.37 bits per heavy atom. The van der Waals surface area contributed by atoms with Gasteiger partial charge in [-0.2, -0.15) is 0 Å². The summed E-state index contributed by atoms with van der Waals surface area (Å²) in [5, 5.41) is 0. The Morgan fingerprint density at radius 1 is 0.971 bits per heavy atom. The van der Waals surface area contributed by atoms with E-state index < -0.39 is 0 Å². The van der Waals surface area contributed by atoms with Gasteiger partial charge in [-0.1, -0.05) is 51.2 Å². The predicted molar refractivity (Wildman–Crippen MR) is 140 cm³/mol. The number of hydrogen-bond acceptors (Lipinski definition) is 3. The number of likely N-dealkylation sites (tertiary alicyclic amines) is 1. The SMILES string of the molecule is CC(C)(C)CC(=O)N1CCC(COC2=CC=C(C3=CCC(C(=O)N4CC=CC4)CC3)CC=C2)CC1. The van der Waals surface area contributed by atoms with Gasteiger partial charge in [0, 0.05) is 38.5 Å². The van der Waals surface area contributed by atoms with Gasteiger partial charge in [-0.05, 0) is 73.2 Å². The lowest BCUT2D eigenvalue weighted by molar-refractivity contribution is -0.135. The quantitative estimate of drug-likeness (QED) is 0.469. The summed E-state index contributed by atoms with van der Waals surface area (Å²) in [7, 11) is 0. The molecule has 35 heavy (non-hydrogen) atoms. The molecule has 4 rings (SSSR count). The van der Waals surface area contributed by atoms with Gasteiger partial charge in [0.05, 0.1) is 6.61 Å². The highest BCUT2D eigenvalue weighted by Gasteiger charge is 2.28. The summed E-state index contributed by atoms with van der Waals surface area (Å²) in [6.07, 6.45) is 21.3. The number of carbonyl (C=O) groups excluding carboxylic acids is 2. The van der Waals surface area contributed by atoms with Crippen LogP contribution in [0, 0.1) is 17.3 Å². The maximum atomic E-state index is 12.7. The summed E-state index contributed by atoms with van der Waals surface area (Å²) >= 11 is 0. The average molecular weight is 479 g/mol. The number of allylic oxidation sites excluding steroid dienone is 7. The zero-order valence-corrected chi connectivity index (χ0v) is 21.8. The van der Waals surface area contributed by atoms with Crippen LogP contribution in [0.2, 0.25) is 0 Å². The predicted octanol–water partition coefficient (Wildman–Crippen LogP) is 5.57. The third-order valence-corrected chi connectivity index (χ3v) is 7.51. The molecule has 0 bridgehead atoms. The van der Waals surface area contributed by atoms with Gasteiger partial charge in [-0.15, -0.1) is 0 Å². The highest BCUT2D eigenvalue weighted by Crippen LogP contribution is 2.32. The van der Waals surface area contributed by atoms with E-state index in [0.717, 1.165) is 70.5 Å². The van der Waals surface area contributed by atoms with Crippen molar-refractivity contribution in [1.29, 1.82) is 0 Å². The Hall–Kier alpha value is -2.56. The van der Waals surface area contributed by atoms with Crippen molar-refractivity contribution in [3.05, 3.63) is 59.4 Å². The van der Waals surface area contributed by atoms with Gasteiger partial charge in [0.2, 0.25) is 11.8 Å². The lowest BCUT2D eigenvalue weighted by atomic mass is 9.84. The Bertz CT molecular complexity index is 931. The van der Waals surface area contributed by atoms with Crippen LogP contribution in [-0.2, 0) is 14.3 Å². The average Bonchev–Trinajstić information content (AvgIpc) is 3.28. The molecule has 0 aromatic rings. The maximum absolute atomic E-state index is 12.7. The normalized spacial score (nSPS) is 23.5. The van der Waals surface area contributed by atoms with Crippen molar-refractivity contribution in [2.75, 3.05) is 32.8 Å². The maximum Gasteiger partial charge on any atom is 0.226 e. The molecular formula is C30H42N2O3. The van der Waals surface area contributed by atoms with Crippen molar-refractivity contribution in [1.82, 2.24) is 9.80 Å². The van der Waals surface area contributed by atoms with Crippen LogP contribution in [0.3, 0.4) is 0 Å². The summed E-state index contributed by atoms with van der Waals surface area (Å²) in [5.41, 5.74) is 2.75. The van der Waals surface area contributed by atoms with Crippen molar-refractivity contribution < 1.29 is 14.3 Å². The van der Waals surface area contributed by atoms with Crippen molar-refractivity contribution in [2.45, 2.75) is 65.7 Å². The molecule has 1 unspecified atom stereocenters. The first-order valence-electron chi connectivity index (χ1n) is 13.4. The lowest BCUT2D eigenvalue weighted by Crippen LogP contribution is -2.40. The second kappa shape index (κ2) is 11.5. The number of hydrogen-bond donors (Lipinski definition) is 0. The summed E-state index contributed by atoms with van der Waals surface area (Å²) in [6.45, 7) is 10.3. The Labute approximate surface area is 211 Å². The molecule has 0 aromatic heterocycles. The molecule has 4 aliphatic rings. The van der Waals surface area contributed by atoms with Crippen molar-refractivity contribution in [3.63, 3.8) is 0 Å². The van der Waals surface area contributed by atoms with E-state index in [4.69, 9.17) is 4.74 Å². The minimum absolute atomic E-state index is 0.0415. The second-order valence-electron chi connectivity index (χ2n) is 11.7. The topological polar surface area (TPSA) is 49.9 Å². The van der Waals surface area contributed by atoms with Crippen LogP contribution >= 0.6 is 0 Å². The first-order valence-corrected chi connectivity index (χ1v) is 13.4. The number of carbonyl (C=O) groups is 2.